The molecule has 5 nitrogen and oxygen atoms in total. The molecule has 2 aliphatic rings. The summed E-state index contributed by atoms with van der Waals surface area (Å²) < 4.78 is 5.54. The minimum Gasteiger partial charge on any atom is -0.477 e. The third-order valence-electron chi connectivity index (χ3n) is 5.53. The number of carbonyl (C=O) groups is 1. The van der Waals surface area contributed by atoms with Gasteiger partial charge in [-0.1, -0.05) is 31.4 Å². The first-order valence-corrected chi connectivity index (χ1v) is 9.19. The fraction of sp³-hybridized carbons (Fsp3) is 0.500. The van der Waals surface area contributed by atoms with Crippen molar-refractivity contribution in [3.8, 4) is 11.8 Å². The molecule has 2 aromatic rings. The standard InChI is InChI=1S/C20H23N3O2/c21-10-12-25-18-8-4-7-15-16-13-23(11-9-17(16)22-19(15)18)20(24)14-5-2-1-3-6-14/h4,7-8,14,22H,1-3,5-6,9,11-13H2. The molecule has 0 saturated heterocycles. The molecule has 0 spiro atoms. The average Bonchev–Trinajstić information content (AvgIpc) is 3.05. The second-order valence-electron chi connectivity index (χ2n) is 7.05. The van der Waals surface area contributed by atoms with Gasteiger partial charge in [0.1, 0.15) is 11.8 Å². The smallest absolute Gasteiger partial charge is 0.225 e. The summed E-state index contributed by atoms with van der Waals surface area (Å²) in [7, 11) is 0. The number of para-hydroxylation sites is 1. The van der Waals surface area contributed by atoms with E-state index in [-0.39, 0.29) is 12.5 Å². The number of rotatable bonds is 3. The molecule has 1 aliphatic heterocycles. The molecule has 1 aliphatic carbocycles. The summed E-state index contributed by atoms with van der Waals surface area (Å²) >= 11 is 0. The molecule has 5 heteroatoms. The third-order valence-corrected chi connectivity index (χ3v) is 5.53. The molecular weight excluding hydrogens is 314 g/mol. The van der Waals surface area contributed by atoms with Gasteiger partial charge in [0.05, 0.1) is 5.52 Å². The number of aromatic amines is 1. The quantitative estimate of drug-likeness (QED) is 0.931. The van der Waals surface area contributed by atoms with Crippen LogP contribution in [-0.2, 0) is 17.8 Å². The second-order valence-corrected chi connectivity index (χ2v) is 7.05. The largest absolute Gasteiger partial charge is 0.477 e. The zero-order chi connectivity index (χ0) is 17.2. The van der Waals surface area contributed by atoms with Crippen molar-refractivity contribution in [2.45, 2.75) is 45.1 Å². The maximum Gasteiger partial charge on any atom is 0.225 e. The summed E-state index contributed by atoms with van der Waals surface area (Å²) in [6.45, 7) is 1.49. The number of nitrogens with one attached hydrogen (secondary N) is 1. The lowest BCUT2D eigenvalue weighted by atomic mass is 9.87. The predicted octanol–water partition coefficient (Wildman–Crippen LogP) is 3.54. The Labute approximate surface area is 147 Å². The Kier molecular flexibility index (Phi) is 4.35. The molecule has 1 amide bonds. The zero-order valence-electron chi connectivity index (χ0n) is 14.4. The molecule has 0 bridgehead atoms. The predicted molar refractivity (Wildman–Crippen MR) is 95.1 cm³/mol. The molecule has 0 unspecified atom stereocenters. The van der Waals surface area contributed by atoms with E-state index in [0.717, 1.165) is 36.7 Å². The van der Waals surface area contributed by atoms with Gasteiger partial charge < -0.3 is 14.6 Å². The van der Waals surface area contributed by atoms with Gasteiger partial charge in [0.2, 0.25) is 5.91 Å². The van der Waals surface area contributed by atoms with Gasteiger partial charge in [-0.05, 0) is 18.9 Å². The number of H-pyrrole nitrogens is 1. The maximum absolute atomic E-state index is 12.9. The fourth-order valence-electron chi connectivity index (χ4n) is 4.24. The number of carbonyl (C=O) groups excluding carboxylic acids is 1. The number of benzene rings is 1. The molecule has 1 fully saturated rings. The van der Waals surface area contributed by atoms with Crippen molar-refractivity contribution in [1.82, 2.24) is 9.88 Å². The number of fused-ring (bicyclic) bond motifs is 3. The molecule has 25 heavy (non-hydrogen) atoms. The Morgan fingerprint density at radius 3 is 2.96 bits per heavy atom. The van der Waals surface area contributed by atoms with Crippen molar-refractivity contribution in [2.24, 2.45) is 5.92 Å². The Bertz CT molecular complexity index is 827. The van der Waals surface area contributed by atoms with E-state index in [1.54, 1.807) is 0 Å². The van der Waals surface area contributed by atoms with Crippen molar-refractivity contribution in [2.75, 3.05) is 13.2 Å². The van der Waals surface area contributed by atoms with Crippen molar-refractivity contribution < 1.29 is 9.53 Å². The van der Waals surface area contributed by atoms with E-state index in [2.05, 4.69) is 11.1 Å². The lowest BCUT2D eigenvalue weighted by Crippen LogP contribution is -2.40. The van der Waals surface area contributed by atoms with Crippen LogP contribution < -0.4 is 4.74 Å². The Morgan fingerprint density at radius 1 is 1.32 bits per heavy atom. The fourth-order valence-corrected chi connectivity index (χ4v) is 4.24. The summed E-state index contributed by atoms with van der Waals surface area (Å²) in [4.78, 5) is 18.4. The minimum atomic E-state index is 0.0368. The normalized spacial score (nSPS) is 18.0. The SMILES string of the molecule is N#CCOc1cccc2c3c([nH]c12)CCN(C(=O)C1CCCCC1)C3. The van der Waals surface area contributed by atoms with E-state index in [4.69, 9.17) is 10.00 Å². The third kappa shape index (κ3) is 2.97. The van der Waals surface area contributed by atoms with E-state index in [0.29, 0.717) is 18.2 Å². The summed E-state index contributed by atoms with van der Waals surface area (Å²) in [5.41, 5.74) is 3.33. The molecule has 1 N–H and O–H groups in total. The van der Waals surface area contributed by atoms with E-state index >= 15 is 0 Å². The first kappa shape index (κ1) is 16.0. The van der Waals surface area contributed by atoms with E-state index in [1.807, 2.05) is 23.1 Å². The maximum atomic E-state index is 12.9. The van der Waals surface area contributed by atoms with Gasteiger partial charge in [0.15, 0.2) is 6.61 Å². The molecule has 4 rings (SSSR count). The van der Waals surface area contributed by atoms with Crippen LogP contribution in [0.4, 0.5) is 0 Å². The summed E-state index contributed by atoms with van der Waals surface area (Å²) in [6, 6.07) is 7.91. The van der Waals surface area contributed by atoms with Crippen LogP contribution in [0.2, 0.25) is 0 Å². The van der Waals surface area contributed by atoms with Gasteiger partial charge >= 0.3 is 0 Å². The van der Waals surface area contributed by atoms with Crippen LogP contribution in [0.1, 0.15) is 43.4 Å². The lowest BCUT2D eigenvalue weighted by Gasteiger charge is -2.32. The molecule has 1 saturated carbocycles. The highest BCUT2D eigenvalue weighted by atomic mass is 16.5. The summed E-state index contributed by atoms with van der Waals surface area (Å²) in [5.74, 6) is 1.25. The molecule has 1 aromatic carbocycles. The van der Waals surface area contributed by atoms with Gasteiger partial charge in [-0.15, -0.1) is 0 Å². The number of hydrogen-bond acceptors (Lipinski definition) is 3. The Hall–Kier alpha value is -2.48. The van der Waals surface area contributed by atoms with Gasteiger partial charge in [0.25, 0.3) is 0 Å². The number of nitriles is 1. The zero-order valence-corrected chi connectivity index (χ0v) is 14.4. The van der Waals surface area contributed by atoms with Crippen LogP contribution in [0.5, 0.6) is 5.75 Å². The Balaban J connectivity index is 1.60. The highest BCUT2D eigenvalue weighted by Gasteiger charge is 2.30. The molecule has 0 atom stereocenters. The molecule has 0 radical (unpaired) electrons. The number of ether oxygens (including phenoxy) is 1. The van der Waals surface area contributed by atoms with Crippen LogP contribution in [-0.4, -0.2) is 28.9 Å². The first-order valence-electron chi connectivity index (χ1n) is 9.19. The Morgan fingerprint density at radius 2 is 2.16 bits per heavy atom. The van der Waals surface area contributed by atoms with Crippen LogP contribution in [0, 0.1) is 17.2 Å². The van der Waals surface area contributed by atoms with E-state index in [1.165, 1.54) is 30.5 Å². The topological polar surface area (TPSA) is 69.1 Å². The van der Waals surface area contributed by atoms with E-state index in [9.17, 15) is 4.79 Å². The second kappa shape index (κ2) is 6.79. The summed E-state index contributed by atoms with van der Waals surface area (Å²) in [5, 5.41) is 9.86. The van der Waals surface area contributed by atoms with Gasteiger partial charge in [-0.25, -0.2) is 0 Å². The minimum absolute atomic E-state index is 0.0368. The van der Waals surface area contributed by atoms with Gasteiger partial charge in [-0.3, -0.25) is 4.79 Å². The molecule has 2 heterocycles. The van der Waals surface area contributed by atoms with Crippen LogP contribution in [0.15, 0.2) is 18.2 Å². The number of amides is 1. The number of hydrogen-bond donors (Lipinski definition) is 1. The first-order chi connectivity index (χ1) is 12.3. The monoisotopic (exact) mass is 337 g/mol. The van der Waals surface area contributed by atoms with Crippen molar-refractivity contribution in [1.29, 1.82) is 5.26 Å². The van der Waals surface area contributed by atoms with Crippen molar-refractivity contribution >= 4 is 16.8 Å². The summed E-state index contributed by atoms with van der Waals surface area (Å²) in [6.07, 6.45) is 6.57. The van der Waals surface area contributed by atoms with Crippen LogP contribution in [0.3, 0.4) is 0 Å². The molecular formula is C20H23N3O2. The highest BCUT2D eigenvalue weighted by molar-refractivity contribution is 5.90. The van der Waals surface area contributed by atoms with Crippen molar-refractivity contribution in [3.63, 3.8) is 0 Å². The number of aromatic nitrogens is 1. The van der Waals surface area contributed by atoms with E-state index < -0.39 is 0 Å². The molecule has 130 valence electrons. The van der Waals surface area contributed by atoms with Gasteiger partial charge in [0, 0.05) is 42.1 Å². The molecule has 1 aromatic heterocycles. The van der Waals surface area contributed by atoms with Crippen LogP contribution >= 0.6 is 0 Å². The highest BCUT2D eigenvalue weighted by Crippen LogP contribution is 2.34. The number of nitrogens with zero attached hydrogens (tertiary/aromatic N) is 2. The average molecular weight is 337 g/mol. The van der Waals surface area contributed by atoms with Crippen LogP contribution in [0.25, 0.3) is 10.9 Å². The van der Waals surface area contributed by atoms with Crippen molar-refractivity contribution in [3.05, 3.63) is 29.5 Å². The lowest BCUT2D eigenvalue weighted by molar-refractivity contribution is -0.137. The van der Waals surface area contributed by atoms with Gasteiger partial charge in [-0.2, -0.15) is 5.26 Å².